The number of hydrogen-bond acceptors (Lipinski definition) is 3. The topological polar surface area (TPSA) is 59.8 Å². The summed E-state index contributed by atoms with van der Waals surface area (Å²) in [6.45, 7) is 2.80. The molecule has 1 N–H and O–H groups in total. The van der Waals surface area contributed by atoms with Crippen molar-refractivity contribution in [2.45, 2.75) is 39.2 Å². The molecule has 0 radical (unpaired) electrons. The molecule has 1 aromatic heterocycles. The summed E-state index contributed by atoms with van der Waals surface area (Å²) in [5.74, 6) is 0.763. The molecular weight excluding hydrogens is 367 g/mol. The Labute approximate surface area is 169 Å². The number of hydrogen-bond donors (Lipinski definition) is 1. The highest BCUT2D eigenvalue weighted by molar-refractivity contribution is 6.02. The number of carbonyl (C=O) groups is 1. The van der Waals surface area contributed by atoms with Crippen molar-refractivity contribution in [3.8, 4) is 11.4 Å². The van der Waals surface area contributed by atoms with Gasteiger partial charge in [-0.3, -0.25) is 4.79 Å². The first kappa shape index (κ1) is 19.1. The molecule has 1 aliphatic heterocycles. The average Bonchev–Trinajstić information content (AvgIpc) is 2.96. The molecule has 148 valence electrons. The van der Waals surface area contributed by atoms with Gasteiger partial charge in [0.15, 0.2) is 5.82 Å². The average molecular weight is 390 g/mol. The maximum absolute atomic E-state index is 14.5. The van der Waals surface area contributed by atoms with E-state index in [2.05, 4.69) is 15.5 Å². The Morgan fingerprint density at radius 3 is 2.76 bits per heavy atom. The van der Waals surface area contributed by atoms with Crippen molar-refractivity contribution in [2.75, 3.05) is 5.32 Å². The van der Waals surface area contributed by atoms with Gasteiger partial charge in [0.2, 0.25) is 5.91 Å². The molecule has 4 rings (SSSR count). The molecule has 29 heavy (non-hydrogen) atoms. The van der Waals surface area contributed by atoms with Crippen molar-refractivity contribution in [3.63, 3.8) is 0 Å². The van der Waals surface area contributed by atoms with Crippen LogP contribution in [-0.4, -0.2) is 20.7 Å². The van der Waals surface area contributed by atoms with Crippen molar-refractivity contribution >= 4 is 17.7 Å². The van der Waals surface area contributed by atoms with Crippen LogP contribution in [0, 0.1) is 12.7 Å². The van der Waals surface area contributed by atoms with E-state index in [4.69, 9.17) is 0 Å². The van der Waals surface area contributed by atoms with Crippen molar-refractivity contribution in [1.29, 1.82) is 0 Å². The zero-order chi connectivity index (χ0) is 20.2. The smallest absolute Gasteiger partial charge is 0.248 e. The van der Waals surface area contributed by atoms with E-state index < -0.39 is 0 Å². The minimum absolute atomic E-state index is 0.275. The predicted molar refractivity (Wildman–Crippen MR) is 112 cm³/mol. The number of carbonyl (C=O) groups excluding carboxylic acids is 1. The predicted octanol–water partition coefficient (Wildman–Crippen LogP) is 4.77. The first-order chi connectivity index (χ1) is 14.1. The second-order valence-electron chi connectivity index (χ2n) is 7.33. The van der Waals surface area contributed by atoms with Gasteiger partial charge in [0.1, 0.15) is 11.6 Å². The van der Waals surface area contributed by atoms with Gasteiger partial charge in [0.25, 0.3) is 0 Å². The molecule has 1 aliphatic rings. The number of amides is 1. The monoisotopic (exact) mass is 390 g/mol. The third kappa shape index (κ3) is 4.42. The molecular formula is C23H23FN4O. The maximum atomic E-state index is 14.5. The second kappa shape index (κ2) is 8.39. The molecule has 0 saturated heterocycles. The lowest BCUT2D eigenvalue weighted by molar-refractivity contribution is -0.111. The SMILES string of the molecule is Cc1ccc(/C=C/C(=O)Nc2ccc(F)c(-c3nnc4n3CCCCC4)c2)cc1. The van der Waals surface area contributed by atoms with Gasteiger partial charge >= 0.3 is 0 Å². The molecule has 0 spiro atoms. The van der Waals surface area contributed by atoms with Crippen LogP contribution in [0.1, 0.15) is 36.2 Å². The largest absolute Gasteiger partial charge is 0.322 e. The number of fused-ring (bicyclic) bond motifs is 1. The van der Waals surface area contributed by atoms with E-state index >= 15 is 0 Å². The number of nitrogens with one attached hydrogen (secondary N) is 1. The second-order valence-corrected chi connectivity index (χ2v) is 7.33. The number of halogens is 1. The van der Waals surface area contributed by atoms with Crippen LogP contribution in [0.3, 0.4) is 0 Å². The van der Waals surface area contributed by atoms with Crippen LogP contribution in [0.5, 0.6) is 0 Å². The van der Waals surface area contributed by atoms with Crippen molar-refractivity contribution < 1.29 is 9.18 Å². The fourth-order valence-electron chi connectivity index (χ4n) is 3.49. The lowest BCUT2D eigenvalue weighted by atomic mass is 10.1. The summed E-state index contributed by atoms with van der Waals surface area (Å²) < 4.78 is 16.5. The van der Waals surface area contributed by atoms with Gasteiger partial charge in [0, 0.05) is 24.7 Å². The summed E-state index contributed by atoms with van der Waals surface area (Å²) in [4.78, 5) is 12.3. The number of benzene rings is 2. The van der Waals surface area contributed by atoms with Gasteiger partial charge in [-0.15, -0.1) is 10.2 Å². The molecule has 2 aromatic carbocycles. The molecule has 3 aromatic rings. The van der Waals surface area contributed by atoms with E-state index in [1.807, 2.05) is 35.8 Å². The minimum Gasteiger partial charge on any atom is -0.322 e. The van der Waals surface area contributed by atoms with Gasteiger partial charge in [0.05, 0.1) is 5.56 Å². The molecule has 5 nitrogen and oxygen atoms in total. The summed E-state index contributed by atoms with van der Waals surface area (Å²) in [5.41, 5.74) is 2.98. The van der Waals surface area contributed by atoms with Gasteiger partial charge in [-0.05, 0) is 49.6 Å². The Hall–Kier alpha value is -3.28. The fourth-order valence-corrected chi connectivity index (χ4v) is 3.49. The molecule has 0 bridgehead atoms. The Kier molecular flexibility index (Phi) is 5.51. The zero-order valence-electron chi connectivity index (χ0n) is 16.4. The lowest BCUT2D eigenvalue weighted by Gasteiger charge is -2.10. The van der Waals surface area contributed by atoms with Crippen LogP contribution in [0.4, 0.5) is 10.1 Å². The van der Waals surface area contributed by atoms with Crippen LogP contribution in [-0.2, 0) is 17.8 Å². The van der Waals surface area contributed by atoms with Crippen LogP contribution in [0.15, 0.2) is 48.5 Å². The van der Waals surface area contributed by atoms with Gasteiger partial charge in [-0.25, -0.2) is 4.39 Å². The van der Waals surface area contributed by atoms with E-state index in [-0.39, 0.29) is 11.7 Å². The summed E-state index contributed by atoms with van der Waals surface area (Å²) >= 11 is 0. The lowest BCUT2D eigenvalue weighted by Crippen LogP contribution is -2.09. The Balaban J connectivity index is 1.54. The molecule has 6 heteroatoms. The molecule has 0 fully saturated rings. The van der Waals surface area contributed by atoms with Gasteiger partial charge in [-0.2, -0.15) is 0 Å². The van der Waals surface area contributed by atoms with Crippen LogP contribution in [0.2, 0.25) is 0 Å². The molecule has 0 atom stereocenters. The van der Waals surface area contributed by atoms with Crippen molar-refractivity contribution in [1.82, 2.24) is 14.8 Å². The third-order valence-electron chi connectivity index (χ3n) is 5.09. The summed E-state index contributed by atoms with van der Waals surface area (Å²) in [6.07, 6.45) is 7.31. The Morgan fingerprint density at radius 2 is 1.93 bits per heavy atom. The van der Waals surface area contributed by atoms with Gasteiger partial charge in [-0.1, -0.05) is 36.2 Å². The quantitative estimate of drug-likeness (QED) is 0.653. The third-order valence-corrected chi connectivity index (χ3v) is 5.09. The summed E-state index contributed by atoms with van der Waals surface area (Å²) in [6, 6.07) is 12.4. The highest BCUT2D eigenvalue weighted by Gasteiger charge is 2.19. The van der Waals surface area contributed by atoms with Crippen LogP contribution >= 0.6 is 0 Å². The Morgan fingerprint density at radius 1 is 1.10 bits per heavy atom. The number of aryl methyl sites for hydroxylation is 2. The van der Waals surface area contributed by atoms with E-state index in [0.717, 1.165) is 49.2 Å². The Bertz CT molecular complexity index is 1050. The minimum atomic E-state index is -0.377. The molecule has 0 unspecified atom stereocenters. The fraction of sp³-hybridized carbons (Fsp3) is 0.261. The molecule has 2 heterocycles. The molecule has 0 aliphatic carbocycles. The van der Waals surface area contributed by atoms with Crippen molar-refractivity contribution in [3.05, 3.63) is 71.3 Å². The van der Waals surface area contributed by atoms with E-state index in [0.29, 0.717) is 17.1 Å². The van der Waals surface area contributed by atoms with Crippen LogP contribution < -0.4 is 5.32 Å². The highest BCUT2D eigenvalue weighted by Crippen LogP contribution is 2.27. The van der Waals surface area contributed by atoms with E-state index in [1.54, 1.807) is 18.2 Å². The molecule has 0 saturated carbocycles. The van der Waals surface area contributed by atoms with E-state index in [1.165, 1.54) is 12.1 Å². The number of aromatic nitrogens is 3. The summed E-state index contributed by atoms with van der Waals surface area (Å²) in [7, 11) is 0. The first-order valence-corrected chi connectivity index (χ1v) is 9.88. The van der Waals surface area contributed by atoms with Crippen molar-refractivity contribution in [2.24, 2.45) is 0 Å². The van der Waals surface area contributed by atoms with Gasteiger partial charge < -0.3 is 9.88 Å². The normalized spacial score (nSPS) is 13.9. The zero-order valence-corrected chi connectivity index (χ0v) is 16.4. The van der Waals surface area contributed by atoms with E-state index in [9.17, 15) is 9.18 Å². The number of anilines is 1. The number of rotatable bonds is 4. The van der Waals surface area contributed by atoms with Crippen LogP contribution in [0.25, 0.3) is 17.5 Å². The maximum Gasteiger partial charge on any atom is 0.248 e. The number of nitrogens with zero attached hydrogens (tertiary/aromatic N) is 3. The molecule has 1 amide bonds. The standard InChI is InChI=1S/C23H23FN4O/c1-16-6-8-17(9-7-16)10-13-22(29)25-18-11-12-20(24)19(15-18)23-27-26-21-5-3-2-4-14-28(21)23/h6-13,15H,2-5,14H2,1H3,(H,25,29)/b13-10+. The summed E-state index contributed by atoms with van der Waals surface area (Å²) in [5, 5.41) is 11.3. The highest BCUT2D eigenvalue weighted by atomic mass is 19.1. The first-order valence-electron chi connectivity index (χ1n) is 9.88.